The molecule has 0 spiro atoms. The third-order valence-electron chi connectivity index (χ3n) is 7.02. The normalized spacial score (nSPS) is 17.3. The van der Waals surface area contributed by atoms with Crippen molar-refractivity contribution in [3.63, 3.8) is 0 Å². The Morgan fingerprint density at radius 2 is 1.71 bits per heavy atom. The van der Waals surface area contributed by atoms with Gasteiger partial charge in [0.1, 0.15) is 5.75 Å². The molecule has 1 aliphatic rings. The van der Waals surface area contributed by atoms with Crippen LogP contribution in [0.3, 0.4) is 0 Å². The number of carboxylic acid groups (broad SMARTS) is 1. The minimum Gasteiger partial charge on any atom is -0.479 e. The van der Waals surface area contributed by atoms with Gasteiger partial charge in [-0.25, -0.2) is 4.79 Å². The van der Waals surface area contributed by atoms with E-state index in [1.54, 1.807) is 26.0 Å². The summed E-state index contributed by atoms with van der Waals surface area (Å²) in [5.41, 5.74) is 6.29. The van der Waals surface area contributed by atoms with Gasteiger partial charge in [-0.05, 0) is 27.7 Å². The number of amides is 2. The van der Waals surface area contributed by atoms with Crippen LogP contribution in [-0.4, -0.2) is 104 Å². The number of nitrogens with two attached hydrogens (primary N) is 1. The van der Waals surface area contributed by atoms with Gasteiger partial charge in [0.15, 0.2) is 6.10 Å². The van der Waals surface area contributed by atoms with E-state index in [1.807, 2.05) is 13.8 Å². The van der Waals surface area contributed by atoms with E-state index in [4.69, 9.17) is 29.4 Å². The van der Waals surface area contributed by atoms with Crippen molar-refractivity contribution in [1.82, 2.24) is 5.32 Å². The Morgan fingerprint density at radius 1 is 1.02 bits per heavy atom. The Morgan fingerprint density at radius 3 is 2.35 bits per heavy atom. The minimum atomic E-state index is -1.30. The van der Waals surface area contributed by atoms with E-state index in [9.17, 15) is 34.2 Å². The number of hydrogen-bond donors (Lipinski definition) is 5. The zero-order valence-electron chi connectivity index (χ0n) is 28.3. The summed E-state index contributed by atoms with van der Waals surface area (Å²) in [5.74, 6) is -1.80. The first kappa shape index (κ1) is 44.5. The molecule has 1 aliphatic heterocycles. The fourth-order valence-corrected chi connectivity index (χ4v) is 4.70. The molecule has 2 radical (unpaired) electrons. The molecular weight excluding hydrogens is 933 g/mol. The smallest absolute Gasteiger partial charge is 0.479 e. The molecule has 0 saturated carbocycles. The van der Waals surface area contributed by atoms with Crippen LogP contribution >= 0.6 is 0 Å². The summed E-state index contributed by atoms with van der Waals surface area (Å²) in [6, 6.07) is 9.11. The maximum atomic E-state index is 13.5. The number of nitrogens with one attached hydrogen (secondary N) is 2. The Balaban J connectivity index is 0.00000901. The summed E-state index contributed by atoms with van der Waals surface area (Å²) >= 11 is 1.16. The van der Waals surface area contributed by atoms with E-state index in [-0.39, 0.29) is 101 Å². The molecular formula is C33H41N3O13TbTe-. The molecule has 1 fully saturated rings. The second-order valence-corrected chi connectivity index (χ2v) is 13.7. The van der Waals surface area contributed by atoms with Crippen LogP contribution in [0.2, 0.25) is 0 Å². The fraction of sp³-hybridized carbons (Fsp3) is 0.485. The maximum absolute atomic E-state index is 13.5. The van der Waals surface area contributed by atoms with Crippen molar-refractivity contribution >= 4 is 56.4 Å². The van der Waals surface area contributed by atoms with Gasteiger partial charge in [-0.2, -0.15) is 0 Å². The van der Waals surface area contributed by atoms with E-state index in [2.05, 4.69) is 15.4 Å². The SMILES string of the molecule is CC(C)(N)COC(C)(C)CNC(=O)c1cc(COC(=O)Nc2ccc(CO[C-]=O)cc2COC(=O)[Te])ccc1OC1CC(O)CC(C(=O)O)O1.[Tb]. The van der Waals surface area contributed by atoms with E-state index >= 15 is 0 Å². The van der Waals surface area contributed by atoms with Crippen molar-refractivity contribution in [2.45, 2.75) is 90.0 Å². The Bertz CT molecular complexity index is 1540. The van der Waals surface area contributed by atoms with Crippen molar-refractivity contribution in [1.29, 1.82) is 0 Å². The van der Waals surface area contributed by atoms with Crippen LogP contribution < -0.4 is 21.1 Å². The average molecular weight is 974 g/mol. The number of carbonyl (C=O) groups excluding carboxylic acids is 4. The number of carbonyl (C=O) groups is 4. The van der Waals surface area contributed by atoms with Crippen molar-refractivity contribution in [3.8, 4) is 5.75 Å². The van der Waals surface area contributed by atoms with Crippen LogP contribution in [0.5, 0.6) is 5.75 Å². The number of hydrogen-bond acceptors (Lipinski definition) is 13. The number of benzene rings is 2. The zero-order chi connectivity index (χ0) is 37.1. The second-order valence-electron chi connectivity index (χ2n) is 12.8. The molecule has 0 bridgehead atoms. The predicted octanol–water partition coefficient (Wildman–Crippen LogP) is 2.42. The van der Waals surface area contributed by atoms with Crippen LogP contribution in [0.4, 0.5) is 15.3 Å². The molecule has 2 amide bonds. The summed E-state index contributed by atoms with van der Waals surface area (Å²) in [5, 5.41) is 25.0. The number of aliphatic hydroxyl groups is 1. The third kappa shape index (κ3) is 15.8. The van der Waals surface area contributed by atoms with Crippen molar-refractivity contribution < 1.29 is 101 Å². The number of aliphatic hydroxyl groups excluding tert-OH is 1. The third-order valence-corrected chi connectivity index (χ3v) is 7.35. The summed E-state index contributed by atoms with van der Waals surface area (Å²) < 4.78 is 31.9. The summed E-state index contributed by atoms with van der Waals surface area (Å²) in [6.07, 6.45) is -4.48. The van der Waals surface area contributed by atoms with E-state index in [0.29, 0.717) is 16.7 Å². The van der Waals surface area contributed by atoms with Gasteiger partial charge < -0.3 is 35.5 Å². The van der Waals surface area contributed by atoms with Gasteiger partial charge in [0, 0.05) is 63.5 Å². The average Bonchev–Trinajstić information content (AvgIpc) is 3.04. The zero-order valence-corrected chi connectivity index (χ0v) is 32.8. The van der Waals surface area contributed by atoms with Crippen LogP contribution in [0.15, 0.2) is 36.4 Å². The fourth-order valence-electron chi connectivity index (χ4n) is 4.53. The molecule has 2 aromatic rings. The molecule has 3 unspecified atom stereocenters. The summed E-state index contributed by atoms with van der Waals surface area (Å²) in [6.45, 7) is 8.28. The molecule has 51 heavy (non-hydrogen) atoms. The van der Waals surface area contributed by atoms with Gasteiger partial charge in [-0.15, -0.1) is 0 Å². The van der Waals surface area contributed by atoms with Crippen molar-refractivity contribution in [3.05, 3.63) is 58.7 Å². The van der Waals surface area contributed by atoms with Crippen LogP contribution in [0.1, 0.15) is 67.6 Å². The predicted molar refractivity (Wildman–Crippen MR) is 176 cm³/mol. The van der Waals surface area contributed by atoms with Crippen LogP contribution in [0, 0.1) is 38.6 Å². The minimum absolute atomic E-state index is 0. The number of rotatable bonds is 17. The van der Waals surface area contributed by atoms with Gasteiger partial charge in [0.25, 0.3) is 5.91 Å². The van der Waals surface area contributed by atoms with Gasteiger partial charge in [-0.1, -0.05) is 0 Å². The quantitative estimate of drug-likeness (QED) is 0.0872. The summed E-state index contributed by atoms with van der Waals surface area (Å²) in [7, 11) is 0. The van der Waals surface area contributed by atoms with E-state index in [0.717, 1.165) is 22.3 Å². The first-order valence-corrected chi connectivity index (χ1v) is 16.6. The molecule has 1 heterocycles. The molecule has 18 heteroatoms. The Hall–Kier alpha value is -2.69. The van der Waals surface area contributed by atoms with Crippen molar-refractivity contribution in [2.24, 2.45) is 5.73 Å². The van der Waals surface area contributed by atoms with E-state index in [1.165, 1.54) is 30.7 Å². The van der Waals surface area contributed by atoms with E-state index < -0.39 is 51.6 Å². The Kier molecular flexibility index (Phi) is 17.9. The van der Waals surface area contributed by atoms with Gasteiger partial charge in [0.05, 0.1) is 18.3 Å². The molecule has 3 atom stereocenters. The number of anilines is 1. The molecule has 16 nitrogen and oxygen atoms in total. The molecule has 3 rings (SSSR count). The van der Waals surface area contributed by atoms with Gasteiger partial charge >= 0.3 is 163 Å². The molecule has 282 valence electrons. The Labute approximate surface area is 339 Å². The van der Waals surface area contributed by atoms with Gasteiger partial charge in [-0.3, -0.25) is 4.79 Å². The monoisotopic (exact) mass is 976 g/mol. The molecule has 2 aromatic carbocycles. The molecule has 0 aromatic heterocycles. The number of aliphatic carboxylic acids is 1. The molecule has 1 saturated heterocycles. The second kappa shape index (κ2) is 20.5. The summed E-state index contributed by atoms with van der Waals surface area (Å²) in [4.78, 5) is 59.7. The first-order valence-electron chi connectivity index (χ1n) is 15.4. The number of ether oxygens (including phenoxy) is 6. The van der Waals surface area contributed by atoms with Crippen LogP contribution in [-0.2, 0) is 53.1 Å². The topological polar surface area (TPSA) is 231 Å². The van der Waals surface area contributed by atoms with Crippen molar-refractivity contribution in [2.75, 3.05) is 18.5 Å². The standard InChI is InChI=1S/C33H41N3O13Te.Tb/c1-32(2,34)17-47-33(3,4)16-35-28(39)23-10-20(6-8-25(23)48-27-12-22(38)11-26(49-27)29(40)41)14-45-30(42)36-24-7-5-19(13-44-18-37)9-21(24)15-46-31(43)50;/h5-10,22,26-27,38H,11-17,34H2,1-4H3,(H,35,39)(H,36,42)(H,40,41);/q-1;. The number of carboxylic acids is 1. The molecule has 6 N–H and O–H groups in total. The van der Waals surface area contributed by atoms with Crippen LogP contribution in [0.25, 0.3) is 0 Å². The van der Waals surface area contributed by atoms with Gasteiger partial charge in [0.2, 0.25) is 6.29 Å². The molecule has 0 aliphatic carbocycles. The first-order chi connectivity index (χ1) is 23.4.